The quantitative estimate of drug-likeness (QED) is 0.120. The molecule has 1 aliphatic carbocycles. The maximum atomic E-state index is 13.7. The molecule has 1 aliphatic heterocycles. The van der Waals surface area contributed by atoms with E-state index >= 15 is 0 Å². The summed E-state index contributed by atoms with van der Waals surface area (Å²) in [5, 5.41) is 2.97. The summed E-state index contributed by atoms with van der Waals surface area (Å²) in [6.07, 6.45) is 6.77. The Hall–Kier alpha value is -3.60. The lowest BCUT2D eigenvalue weighted by Crippen LogP contribution is -2.42. The van der Waals surface area contributed by atoms with Crippen molar-refractivity contribution in [2.75, 3.05) is 20.8 Å². The number of thiocarbonyl (C=S) groups is 1. The maximum absolute atomic E-state index is 13.7. The van der Waals surface area contributed by atoms with Gasteiger partial charge in [0.1, 0.15) is 27.3 Å². The fraction of sp³-hybridized carbons (Fsp3) is 0.417. The molecule has 2 heterocycles. The summed E-state index contributed by atoms with van der Waals surface area (Å²) < 4.78 is 18.0. The number of methoxy groups -OCH3 is 2. The summed E-state index contributed by atoms with van der Waals surface area (Å²) in [5.74, 6) is 3.26. The number of amides is 2. The molecule has 244 valence electrons. The third-order valence-corrected chi connectivity index (χ3v) is 10.3. The molecule has 1 aromatic heterocycles. The molecule has 3 aromatic rings. The predicted octanol–water partition coefficient (Wildman–Crippen LogP) is 6.61. The van der Waals surface area contributed by atoms with Gasteiger partial charge in [-0.15, -0.1) is 0 Å². The Morgan fingerprint density at radius 1 is 1.15 bits per heavy atom. The Labute approximate surface area is 281 Å². The van der Waals surface area contributed by atoms with E-state index in [1.54, 1.807) is 20.3 Å². The third-order valence-electron chi connectivity index (χ3n) is 8.97. The molecule has 2 amide bonds. The number of ether oxygens (including phenoxy) is 2. The van der Waals surface area contributed by atoms with Crippen molar-refractivity contribution < 1.29 is 23.5 Å². The first kappa shape index (κ1) is 33.8. The fourth-order valence-electron chi connectivity index (χ4n) is 6.37. The van der Waals surface area contributed by atoms with Crippen molar-refractivity contribution in [3.8, 4) is 22.8 Å². The Balaban J connectivity index is 1.34. The fourth-order valence-corrected chi connectivity index (χ4v) is 7.71. The first-order chi connectivity index (χ1) is 22.2. The van der Waals surface area contributed by atoms with E-state index in [1.165, 1.54) is 11.8 Å². The lowest BCUT2D eigenvalue weighted by atomic mass is 10.0. The Bertz CT molecular complexity index is 1570. The average Bonchev–Trinajstić information content (AvgIpc) is 3.73. The van der Waals surface area contributed by atoms with E-state index in [-0.39, 0.29) is 17.9 Å². The highest BCUT2D eigenvalue weighted by Gasteiger charge is 2.43. The monoisotopic (exact) mass is 661 g/mol. The van der Waals surface area contributed by atoms with Crippen LogP contribution in [0, 0.1) is 11.8 Å². The number of rotatable bonds is 13. The Morgan fingerprint density at radius 3 is 2.52 bits per heavy atom. The minimum atomic E-state index is -0.626. The van der Waals surface area contributed by atoms with Crippen LogP contribution in [0.3, 0.4) is 0 Å². The molecule has 5 rings (SSSR count). The lowest BCUT2D eigenvalue weighted by molar-refractivity contribution is -0.124. The number of furan rings is 1. The van der Waals surface area contributed by atoms with E-state index in [1.807, 2.05) is 59.5 Å². The predicted molar refractivity (Wildman–Crippen MR) is 188 cm³/mol. The molecule has 0 bridgehead atoms. The van der Waals surface area contributed by atoms with Gasteiger partial charge in [-0.05, 0) is 73.3 Å². The van der Waals surface area contributed by atoms with E-state index in [4.69, 9.17) is 31.8 Å². The van der Waals surface area contributed by atoms with Crippen LogP contribution in [0.5, 0.6) is 11.5 Å². The van der Waals surface area contributed by atoms with Gasteiger partial charge < -0.3 is 24.9 Å². The number of carbonyl (C=O) groups is 2. The van der Waals surface area contributed by atoms with E-state index in [0.29, 0.717) is 69.9 Å². The second-order valence-electron chi connectivity index (χ2n) is 12.1. The smallest absolute Gasteiger partial charge is 0.266 e. The molecule has 0 spiro atoms. The van der Waals surface area contributed by atoms with Gasteiger partial charge in [-0.2, -0.15) is 0 Å². The summed E-state index contributed by atoms with van der Waals surface area (Å²) in [5.41, 5.74) is 8.90. The second-order valence-corrected chi connectivity index (χ2v) is 13.8. The van der Waals surface area contributed by atoms with Crippen molar-refractivity contribution in [2.45, 2.75) is 64.5 Å². The summed E-state index contributed by atoms with van der Waals surface area (Å²) >= 11 is 7.07. The van der Waals surface area contributed by atoms with E-state index in [9.17, 15) is 9.59 Å². The SMILES string of the molecule is CCC1CC(C)C(N2C(=O)/C(=C/c3oc(-c4cc(OC)cc(OC)c4)cc3CCCNC(=O)C(N)Cc3ccccc3)SC2=S)C1. The van der Waals surface area contributed by atoms with Gasteiger partial charge >= 0.3 is 0 Å². The molecule has 1 saturated carbocycles. The van der Waals surface area contributed by atoms with Crippen LogP contribution in [-0.2, 0) is 22.4 Å². The van der Waals surface area contributed by atoms with Crippen LogP contribution >= 0.6 is 24.0 Å². The molecule has 4 unspecified atom stereocenters. The molecular formula is C36H43N3O5S2. The molecule has 4 atom stereocenters. The number of benzene rings is 2. The normalized spacial score (nSPS) is 21.2. The van der Waals surface area contributed by atoms with Gasteiger partial charge in [-0.25, -0.2) is 0 Å². The summed E-state index contributed by atoms with van der Waals surface area (Å²) in [4.78, 5) is 28.8. The van der Waals surface area contributed by atoms with Gasteiger partial charge in [-0.1, -0.05) is 74.6 Å². The molecule has 3 N–H and O–H groups in total. The van der Waals surface area contributed by atoms with E-state index in [2.05, 4.69) is 19.2 Å². The molecule has 46 heavy (non-hydrogen) atoms. The van der Waals surface area contributed by atoms with Crippen molar-refractivity contribution >= 4 is 46.2 Å². The van der Waals surface area contributed by atoms with Gasteiger partial charge in [-0.3, -0.25) is 14.5 Å². The van der Waals surface area contributed by atoms with Gasteiger partial charge in [0.2, 0.25) is 5.91 Å². The molecule has 2 fully saturated rings. The highest BCUT2D eigenvalue weighted by Crippen LogP contribution is 2.43. The Morgan fingerprint density at radius 2 is 1.87 bits per heavy atom. The first-order valence-electron chi connectivity index (χ1n) is 15.9. The van der Waals surface area contributed by atoms with Gasteiger partial charge in [0, 0.05) is 30.3 Å². The van der Waals surface area contributed by atoms with Gasteiger partial charge in [0.15, 0.2) is 0 Å². The van der Waals surface area contributed by atoms with Crippen LogP contribution in [-0.4, -0.2) is 53.9 Å². The highest BCUT2D eigenvalue weighted by molar-refractivity contribution is 8.26. The first-order valence-corrected chi connectivity index (χ1v) is 17.1. The molecule has 8 nitrogen and oxygen atoms in total. The molecule has 1 saturated heterocycles. The van der Waals surface area contributed by atoms with Crippen molar-refractivity contribution in [1.82, 2.24) is 10.2 Å². The molecule has 0 radical (unpaired) electrons. The number of carbonyl (C=O) groups excluding carboxylic acids is 2. The third kappa shape index (κ3) is 7.85. The van der Waals surface area contributed by atoms with E-state index in [0.717, 1.165) is 36.0 Å². The van der Waals surface area contributed by atoms with E-state index < -0.39 is 6.04 Å². The Kier molecular flexibility index (Phi) is 11.2. The molecule has 10 heteroatoms. The molecular weight excluding hydrogens is 619 g/mol. The van der Waals surface area contributed by atoms with Crippen LogP contribution in [0.1, 0.15) is 56.4 Å². The minimum Gasteiger partial charge on any atom is -0.497 e. The van der Waals surface area contributed by atoms with Gasteiger partial charge in [0.25, 0.3) is 5.91 Å². The standard InChI is InChI=1S/C36H43N3O5S2/c1-5-23-14-22(2)30(16-23)39-35(41)33(46-36(39)45)21-32-25(19-31(44-32)26-17-27(42-3)20-28(18-26)43-4)12-9-13-38-34(40)29(37)15-24-10-7-6-8-11-24/h6-8,10-11,17-23,29-30H,5,9,12-16,37H2,1-4H3,(H,38,40)/b33-21-. The zero-order valence-electron chi connectivity index (χ0n) is 26.9. The number of hydrogen-bond donors (Lipinski definition) is 2. The number of hydrogen-bond acceptors (Lipinski definition) is 8. The van der Waals surface area contributed by atoms with Crippen LogP contribution in [0.15, 0.2) is 63.9 Å². The number of nitrogens with one attached hydrogen (secondary N) is 1. The number of aryl methyl sites for hydroxylation is 1. The maximum Gasteiger partial charge on any atom is 0.266 e. The van der Waals surface area contributed by atoms with Crippen molar-refractivity contribution in [3.63, 3.8) is 0 Å². The summed E-state index contributed by atoms with van der Waals surface area (Å²) in [6.45, 7) is 4.88. The minimum absolute atomic E-state index is 0.0600. The highest BCUT2D eigenvalue weighted by atomic mass is 32.2. The summed E-state index contributed by atoms with van der Waals surface area (Å²) in [6, 6.07) is 16.8. The van der Waals surface area contributed by atoms with Crippen molar-refractivity contribution in [1.29, 1.82) is 0 Å². The van der Waals surface area contributed by atoms with Crippen molar-refractivity contribution in [3.05, 3.63) is 76.4 Å². The number of nitrogens with two attached hydrogens (primary N) is 1. The van der Waals surface area contributed by atoms with Crippen LogP contribution in [0.2, 0.25) is 0 Å². The molecule has 2 aliphatic rings. The zero-order valence-corrected chi connectivity index (χ0v) is 28.5. The zero-order chi connectivity index (χ0) is 32.8. The molecule has 2 aromatic carbocycles. The average molecular weight is 662 g/mol. The van der Waals surface area contributed by atoms with Crippen LogP contribution in [0.4, 0.5) is 0 Å². The lowest BCUT2D eigenvalue weighted by Gasteiger charge is -2.26. The van der Waals surface area contributed by atoms with Crippen LogP contribution in [0.25, 0.3) is 17.4 Å². The number of nitrogens with zero attached hydrogens (tertiary/aromatic N) is 1. The van der Waals surface area contributed by atoms with Gasteiger partial charge in [0.05, 0.1) is 25.2 Å². The topological polar surface area (TPSA) is 107 Å². The van der Waals surface area contributed by atoms with Crippen molar-refractivity contribution in [2.24, 2.45) is 17.6 Å². The van der Waals surface area contributed by atoms with Crippen LogP contribution < -0.4 is 20.5 Å². The number of thioether (sulfide) groups is 1. The largest absolute Gasteiger partial charge is 0.497 e. The second kappa shape index (κ2) is 15.3. The summed E-state index contributed by atoms with van der Waals surface area (Å²) in [7, 11) is 3.21.